The van der Waals surface area contributed by atoms with Crippen LogP contribution < -0.4 is 0 Å². The van der Waals surface area contributed by atoms with Gasteiger partial charge in [-0.15, -0.1) is 0 Å². The molecule has 0 aliphatic rings. The quantitative estimate of drug-likeness (QED) is 0.791. The summed E-state index contributed by atoms with van der Waals surface area (Å²) in [7, 11) is 0. The minimum Gasteiger partial charge on any atom is -0.372 e. The normalized spacial score (nSPS) is 15.3. The molecule has 0 spiro atoms. The molecule has 0 bridgehead atoms. The van der Waals surface area contributed by atoms with Crippen molar-refractivity contribution in [3.8, 4) is 0 Å². The first-order valence-corrected chi connectivity index (χ1v) is 6.19. The molecule has 2 aromatic carbocycles. The molecule has 1 atom stereocenters. The highest BCUT2D eigenvalue weighted by Gasteiger charge is 2.56. The van der Waals surface area contributed by atoms with E-state index in [1.807, 2.05) is 0 Å². The first-order chi connectivity index (χ1) is 10.5. The van der Waals surface area contributed by atoms with E-state index in [0.717, 1.165) is 12.1 Å². The first kappa shape index (κ1) is 17.3. The van der Waals surface area contributed by atoms with Gasteiger partial charge in [0.05, 0.1) is 5.56 Å². The molecule has 0 aliphatic heterocycles. The van der Waals surface area contributed by atoms with Crippen molar-refractivity contribution in [1.82, 2.24) is 0 Å². The van der Waals surface area contributed by atoms with Gasteiger partial charge in [-0.05, 0) is 35.4 Å². The molecule has 124 valence electrons. The molecule has 8 heteroatoms. The summed E-state index contributed by atoms with van der Waals surface area (Å²) >= 11 is 0. The Kier molecular flexibility index (Phi) is 4.14. The molecular weight excluding hydrogens is 329 g/mol. The molecule has 0 radical (unpaired) electrons. The molecular formula is C15H9F7O. The molecule has 23 heavy (non-hydrogen) atoms. The second-order valence-corrected chi connectivity index (χ2v) is 4.79. The highest BCUT2D eigenvalue weighted by molar-refractivity contribution is 5.40. The number of rotatable bonds is 2. The maximum Gasteiger partial charge on any atom is 0.425 e. The minimum atomic E-state index is -5.31. The van der Waals surface area contributed by atoms with Gasteiger partial charge in [0.15, 0.2) is 0 Å². The molecule has 1 N–H and O–H groups in total. The smallest absolute Gasteiger partial charge is 0.372 e. The van der Waals surface area contributed by atoms with Crippen LogP contribution in [0.4, 0.5) is 30.7 Å². The van der Waals surface area contributed by atoms with Gasteiger partial charge in [0, 0.05) is 0 Å². The van der Waals surface area contributed by atoms with Crippen LogP contribution in [0.25, 0.3) is 0 Å². The van der Waals surface area contributed by atoms with Crippen LogP contribution in [0, 0.1) is 5.82 Å². The van der Waals surface area contributed by atoms with Gasteiger partial charge in [0.2, 0.25) is 5.60 Å². The maximum absolute atomic E-state index is 13.4. The predicted octanol–water partition coefficient (Wildman–Crippen LogP) is 4.64. The van der Waals surface area contributed by atoms with Crippen LogP contribution in [-0.2, 0) is 11.8 Å². The fourth-order valence-electron chi connectivity index (χ4n) is 2.11. The van der Waals surface area contributed by atoms with Gasteiger partial charge in [-0.3, -0.25) is 0 Å². The van der Waals surface area contributed by atoms with Crippen molar-refractivity contribution in [2.45, 2.75) is 18.0 Å². The third-order valence-electron chi connectivity index (χ3n) is 3.28. The van der Waals surface area contributed by atoms with E-state index >= 15 is 0 Å². The van der Waals surface area contributed by atoms with E-state index < -0.39 is 40.5 Å². The van der Waals surface area contributed by atoms with Gasteiger partial charge in [0.1, 0.15) is 5.82 Å². The van der Waals surface area contributed by atoms with Gasteiger partial charge < -0.3 is 5.11 Å². The lowest BCUT2D eigenvalue weighted by atomic mass is 9.85. The SMILES string of the molecule is OC(c1ccc(F)cc1)(c1cccc(C(F)(F)F)c1)C(F)(F)F. The summed E-state index contributed by atoms with van der Waals surface area (Å²) in [5.74, 6) is -0.845. The molecule has 0 saturated carbocycles. The van der Waals surface area contributed by atoms with E-state index in [2.05, 4.69) is 0 Å². The van der Waals surface area contributed by atoms with Crippen LogP contribution in [0.5, 0.6) is 0 Å². The van der Waals surface area contributed by atoms with Crippen molar-refractivity contribution in [2.24, 2.45) is 0 Å². The summed E-state index contributed by atoms with van der Waals surface area (Å²) in [6, 6.07) is 5.00. The molecule has 0 fully saturated rings. The Morgan fingerprint density at radius 3 is 1.70 bits per heavy atom. The van der Waals surface area contributed by atoms with Crippen molar-refractivity contribution in [2.75, 3.05) is 0 Å². The average molecular weight is 338 g/mol. The maximum atomic E-state index is 13.4. The molecule has 1 unspecified atom stereocenters. The fourth-order valence-corrected chi connectivity index (χ4v) is 2.11. The molecule has 0 aromatic heterocycles. The Hall–Kier alpha value is -2.09. The monoisotopic (exact) mass is 338 g/mol. The summed E-state index contributed by atoms with van der Waals surface area (Å²) in [4.78, 5) is 0. The van der Waals surface area contributed by atoms with Crippen molar-refractivity contribution >= 4 is 0 Å². The number of halogens is 7. The van der Waals surface area contributed by atoms with Crippen LogP contribution in [-0.4, -0.2) is 11.3 Å². The van der Waals surface area contributed by atoms with Gasteiger partial charge in [-0.2, -0.15) is 26.3 Å². The standard InChI is InChI=1S/C15H9F7O/c16-12-6-4-9(5-7-12)13(23,15(20,21)22)10-2-1-3-11(8-10)14(17,18)19/h1-8,23H. The second-order valence-electron chi connectivity index (χ2n) is 4.79. The molecule has 2 rings (SSSR count). The lowest BCUT2D eigenvalue weighted by Crippen LogP contribution is -2.43. The van der Waals surface area contributed by atoms with E-state index in [1.165, 1.54) is 0 Å². The third-order valence-corrected chi connectivity index (χ3v) is 3.28. The highest BCUT2D eigenvalue weighted by Crippen LogP contribution is 2.45. The van der Waals surface area contributed by atoms with E-state index in [-0.39, 0.29) is 6.07 Å². The van der Waals surface area contributed by atoms with Gasteiger partial charge in [0.25, 0.3) is 0 Å². The lowest BCUT2D eigenvalue weighted by molar-refractivity contribution is -0.248. The van der Waals surface area contributed by atoms with Crippen LogP contribution in [0.3, 0.4) is 0 Å². The zero-order valence-electron chi connectivity index (χ0n) is 11.2. The number of aliphatic hydroxyl groups is 1. The van der Waals surface area contributed by atoms with Crippen molar-refractivity contribution in [1.29, 1.82) is 0 Å². The van der Waals surface area contributed by atoms with E-state index in [9.17, 15) is 35.8 Å². The number of hydrogen-bond acceptors (Lipinski definition) is 1. The summed E-state index contributed by atoms with van der Waals surface area (Å²) < 4.78 is 91.1. The number of benzene rings is 2. The average Bonchev–Trinajstić information content (AvgIpc) is 2.45. The highest BCUT2D eigenvalue weighted by atomic mass is 19.4. The van der Waals surface area contributed by atoms with E-state index in [0.29, 0.717) is 30.3 Å². The molecule has 1 nitrogen and oxygen atoms in total. The molecule has 0 heterocycles. The lowest BCUT2D eigenvalue weighted by Gasteiger charge is -2.32. The van der Waals surface area contributed by atoms with Crippen molar-refractivity contribution in [3.63, 3.8) is 0 Å². The number of alkyl halides is 6. The third kappa shape index (κ3) is 3.17. The first-order valence-electron chi connectivity index (χ1n) is 6.19. The topological polar surface area (TPSA) is 20.2 Å². The fraction of sp³-hybridized carbons (Fsp3) is 0.200. The van der Waals surface area contributed by atoms with Gasteiger partial charge in [-0.1, -0.05) is 24.3 Å². The Morgan fingerprint density at radius 2 is 1.22 bits per heavy atom. The summed E-state index contributed by atoms with van der Waals surface area (Å²) in [5.41, 5.74) is -6.82. The van der Waals surface area contributed by atoms with E-state index in [1.54, 1.807) is 0 Å². The molecule has 0 saturated heterocycles. The van der Waals surface area contributed by atoms with Gasteiger partial charge >= 0.3 is 12.4 Å². The molecule has 2 aromatic rings. The van der Waals surface area contributed by atoms with Crippen LogP contribution in [0.15, 0.2) is 48.5 Å². The summed E-state index contributed by atoms with van der Waals surface area (Å²) in [6.45, 7) is 0. The number of hydrogen-bond donors (Lipinski definition) is 1. The van der Waals surface area contributed by atoms with Gasteiger partial charge in [-0.25, -0.2) is 4.39 Å². The van der Waals surface area contributed by atoms with Crippen molar-refractivity contribution < 1.29 is 35.8 Å². The molecule has 0 aliphatic carbocycles. The van der Waals surface area contributed by atoms with E-state index in [4.69, 9.17) is 0 Å². The van der Waals surface area contributed by atoms with Crippen molar-refractivity contribution in [3.05, 3.63) is 71.0 Å². The van der Waals surface area contributed by atoms with Crippen LogP contribution in [0.2, 0.25) is 0 Å². The Balaban J connectivity index is 2.67. The Morgan fingerprint density at radius 1 is 0.696 bits per heavy atom. The largest absolute Gasteiger partial charge is 0.425 e. The van der Waals surface area contributed by atoms with Crippen LogP contribution in [0.1, 0.15) is 16.7 Å². The zero-order chi connectivity index (χ0) is 17.5. The minimum absolute atomic E-state index is 0.219. The zero-order valence-corrected chi connectivity index (χ0v) is 11.2. The Labute approximate surface area is 126 Å². The molecule has 0 amide bonds. The summed E-state index contributed by atoms with van der Waals surface area (Å²) in [5, 5.41) is 10.2. The second kappa shape index (κ2) is 5.52. The Bertz CT molecular complexity index is 688. The summed E-state index contributed by atoms with van der Waals surface area (Å²) in [6.07, 6.45) is -10.2. The van der Waals surface area contributed by atoms with Crippen LogP contribution >= 0.6 is 0 Å². The predicted molar refractivity (Wildman–Crippen MR) is 66.9 cm³/mol.